The molecule has 1 amide bonds. The maximum atomic E-state index is 12.4. The van der Waals surface area contributed by atoms with Gasteiger partial charge in [0.25, 0.3) is 6.47 Å². The zero-order chi connectivity index (χ0) is 18.8. The average Bonchev–Trinajstić information content (AvgIpc) is 3.16. The van der Waals surface area contributed by atoms with Gasteiger partial charge in [-0.2, -0.15) is 15.4 Å². The molecule has 2 aliphatic heterocycles. The van der Waals surface area contributed by atoms with Crippen molar-refractivity contribution in [2.75, 3.05) is 39.8 Å². The van der Waals surface area contributed by atoms with E-state index in [2.05, 4.69) is 37.6 Å². The Kier molecular flexibility index (Phi) is 8.49. The lowest BCUT2D eigenvalue weighted by molar-refractivity contribution is -0.127. The molecule has 3 N–H and O–H groups in total. The minimum Gasteiger partial charge on any atom is -0.483 e. The number of hydrogen-bond acceptors (Lipinski definition) is 6. The number of carbonyl (C=O) groups excluding carboxylic acids is 1. The number of carboxylic acid groups (broad SMARTS) is 1. The lowest BCUT2D eigenvalue weighted by atomic mass is 9.93. The van der Waals surface area contributed by atoms with Gasteiger partial charge in [0.2, 0.25) is 5.91 Å². The van der Waals surface area contributed by atoms with Crippen molar-refractivity contribution >= 4 is 12.4 Å². The third-order valence-corrected chi connectivity index (χ3v) is 5.17. The van der Waals surface area contributed by atoms with Gasteiger partial charge in [0.15, 0.2) is 0 Å². The molecular formula is C17H30N6O3. The van der Waals surface area contributed by atoms with Crippen molar-refractivity contribution in [2.24, 2.45) is 5.92 Å². The molecule has 0 bridgehead atoms. The van der Waals surface area contributed by atoms with E-state index in [1.807, 2.05) is 0 Å². The van der Waals surface area contributed by atoms with Crippen molar-refractivity contribution in [2.45, 2.75) is 38.1 Å². The van der Waals surface area contributed by atoms with Gasteiger partial charge < -0.3 is 15.3 Å². The largest absolute Gasteiger partial charge is 0.483 e. The number of aromatic nitrogens is 3. The Morgan fingerprint density at radius 1 is 1.38 bits per heavy atom. The molecular weight excluding hydrogens is 336 g/mol. The van der Waals surface area contributed by atoms with Crippen molar-refractivity contribution in [3.63, 3.8) is 0 Å². The second-order valence-electron chi connectivity index (χ2n) is 6.98. The van der Waals surface area contributed by atoms with Crippen LogP contribution in [0.2, 0.25) is 0 Å². The number of piperidine rings is 2. The maximum absolute atomic E-state index is 12.4. The standard InChI is InChI=1S/C16H28N6O.CH2O2/c1-21-9-5-15(6-10-21)22-8-2-3-13(12-22)16(23)17-7-4-14-11-18-20-19-14;2-1-3/h11,13,15H,2-10,12H2,1H3,(H,17,23)(H,18,19,20);1H,(H,2,3). The van der Waals surface area contributed by atoms with Gasteiger partial charge >= 0.3 is 0 Å². The monoisotopic (exact) mass is 366 g/mol. The highest BCUT2D eigenvalue weighted by atomic mass is 16.3. The van der Waals surface area contributed by atoms with Crippen molar-refractivity contribution in [3.8, 4) is 0 Å². The van der Waals surface area contributed by atoms with E-state index in [0.717, 1.165) is 38.0 Å². The lowest BCUT2D eigenvalue weighted by Gasteiger charge is -2.41. The quantitative estimate of drug-likeness (QED) is 0.627. The van der Waals surface area contributed by atoms with Gasteiger partial charge in [-0.25, -0.2) is 0 Å². The average molecular weight is 366 g/mol. The molecule has 9 heteroatoms. The number of rotatable bonds is 5. The Bertz CT molecular complexity index is 531. The predicted octanol–water partition coefficient (Wildman–Crippen LogP) is -0.0296. The van der Waals surface area contributed by atoms with Crippen LogP contribution in [0.4, 0.5) is 0 Å². The zero-order valence-electron chi connectivity index (χ0n) is 15.4. The summed E-state index contributed by atoms with van der Waals surface area (Å²) in [5.74, 6) is 0.340. The summed E-state index contributed by atoms with van der Waals surface area (Å²) in [6.45, 7) is 4.81. The Balaban J connectivity index is 0.000000758. The maximum Gasteiger partial charge on any atom is 0.290 e. The smallest absolute Gasteiger partial charge is 0.290 e. The third kappa shape index (κ3) is 6.38. The first-order valence-corrected chi connectivity index (χ1v) is 9.26. The summed E-state index contributed by atoms with van der Waals surface area (Å²) in [5.41, 5.74) is 0.891. The Labute approximate surface area is 154 Å². The summed E-state index contributed by atoms with van der Waals surface area (Å²) in [7, 11) is 2.19. The predicted molar refractivity (Wildman–Crippen MR) is 96.6 cm³/mol. The first-order chi connectivity index (χ1) is 12.6. The van der Waals surface area contributed by atoms with E-state index < -0.39 is 0 Å². The van der Waals surface area contributed by atoms with Crippen LogP contribution in [-0.2, 0) is 16.0 Å². The van der Waals surface area contributed by atoms with Gasteiger partial charge in [-0.1, -0.05) is 0 Å². The molecule has 2 fully saturated rings. The molecule has 1 unspecified atom stereocenters. The summed E-state index contributed by atoms with van der Waals surface area (Å²) in [6, 6.07) is 0.664. The number of H-pyrrole nitrogens is 1. The van der Waals surface area contributed by atoms with Crippen LogP contribution in [0.1, 0.15) is 31.4 Å². The Morgan fingerprint density at radius 3 is 2.77 bits per heavy atom. The molecule has 1 aromatic heterocycles. The van der Waals surface area contributed by atoms with Crippen LogP contribution in [-0.4, -0.2) is 88.5 Å². The van der Waals surface area contributed by atoms with Crippen LogP contribution >= 0.6 is 0 Å². The molecule has 0 saturated carbocycles. The zero-order valence-corrected chi connectivity index (χ0v) is 15.4. The molecule has 146 valence electrons. The number of likely N-dealkylation sites (tertiary alicyclic amines) is 2. The van der Waals surface area contributed by atoms with Gasteiger partial charge in [-0.05, 0) is 52.4 Å². The van der Waals surface area contributed by atoms with Crippen molar-refractivity contribution in [1.82, 2.24) is 30.5 Å². The third-order valence-electron chi connectivity index (χ3n) is 5.17. The minimum absolute atomic E-state index is 0.140. The van der Waals surface area contributed by atoms with Crippen LogP contribution in [0.25, 0.3) is 0 Å². The summed E-state index contributed by atoms with van der Waals surface area (Å²) >= 11 is 0. The normalized spacial score (nSPS) is 22.3. The molecule has 2 aliphatic rings. The minimum atomic E-state index is -0.250. The van der Waals surface area contributed by atoms with Crippen molar-refractivity contribution in [3.05, 3.63) is 11.9 Å². The molecule has 1 atom stereocenters. The highest BCUT2D eigenvalue weighted by Gasteiger charge is 2.30. The van der Waals surface area contributed by atoms with E-state index in [0.29, 0.717) is 12.6 Å². The van der Waals surface area contributed by atoms with Gasteiger partial charge in [0.1, 0.15) is 0 Å². The van der Waals surface area contributed by atoms with Gasteiger partial charge in [0.05, 0.1) is 17.8 Å². The summed E-state index contributed by atoms with van der Waals surface area (Å²) in [4.78, 5) is 25.7. The SMILES string of the molecule is CN1CCC(N2CCCC(C(=O)NCCc3cn[nH]n3)C2)CC1.O=CO. The number of carbonyl (C=O) groups is 2. The van der Waals surface area contributed by atoms with Crippen molar-refractivity contribution in [1.29, 1.82) is 0 Å². The molecule has 0 radical (unpaired) electrons. The number of amides is 1. The first-order valence-electron chi connectivity index (χ1n) is 9.26. The first kappa shape index (κ1) is 20.3. The fraction of sp³-hybridized carbons (Fsp3) is 0.765. The molecule has 0 aromatic carbocycles. The van der Waals surface area contributed by atoms with Crippen LogP contribution in [0.5, 0.6) is 0 Å². The number of nitrogens with one attached hydrogen (secondary N) is 2. The molecule has 0 aliphatic carbocycles. The highest BCUT2D eigenvalue weighted by Crippen LogP contribution is 2.23. The van der Waals surface area contributed by atoms with E-state index in [9.17, 15) is 4.79 Å². The Hall–Kier alpha value is -2.00. The fourth-order valence-corrected chi connectivity index (χ4v) is 3.72. The van der Waals surface area contributed by atoms with Crippen LogP contribution in [0.3, 0.4) is 0 Å². The molecule has 2 saturated heterocycles. The topological polar surface area (TPSA) is 114 Å². The Morgan fingerprint density at radius 2 is 2.12 bits per heavy atom. The van der Waals surface area contributed by atoms with Crippen molar-refractivity contribution < 1.29 is 14.7 Å². The second kappa shape index (κ2) is 10.9. The molecule has 26 heavy (non-hydrogen) atoms. The summed E-state index contributed by atoms with van der Waals surface area (Å²) < 4.78 is 0. The summed E-state index contributed by atoms with van der Waals surface area (Å²) in [5, 5.41) is 20.3. The second-order valence-corrected chi connectivity index (χ2v) is 6.98. The van der Waals surface area contributed by atoms with E-state index in [-0.39, 0.29) is 18.3 Å². The van der Waals surface area contributed by atoms with E-state index in [1.165, 1.54) is 25.9 Å². The lowest BCUT2D eigenvalue weighted by Crippen LogP contribution is -2.50. The van der Waals surface area contributed by atoms with Crippen LogP contribution < -0.4 is 5.32 Å². The molecule has 9 nitrogen and oxygen atoms in total. The highest BCUT2D eigenvalue weighted by molar-refractivity contribution is 5.78. The van der Waals surface area contributed by atoms with E-state index >= 15 is 0 Å². The number of nitrogens with zero attached hydrogens (tertiary/aromatic N) is 4. The van der Waals surface area contributed by atoms with E-state index in [4.69, 9.17) is 9.90 Å². The molecule has 1 aromatic rings. The molecule has 0 spiro atoms. The van der Waals surface area contributed by atoms with E-state index in [1.54, 1.807) is 6.20 Å². The molecule has 3 rings (SSSR count). The summed E-state index contributed by atoms with van der Waals surface area (Å²) in [6.07, 6.45) is 7.04. The number of hydrogen-bond donors (Lipinski definition) is 3. The number of aromatic amines is 1. The van der Waals surface area contributed by atoms with Gasteiger partial charge in [-0.3, -0.25) is 14.5 Å². The van der Waals surface area contributed by atoms with Crippen LogP contribution in [0, 0.1) is 5.92 Å². The van der Waals surface area contributed by atoms with Gasteiger partial charge in [-0.15, -0.1) is 0 Å². The van der Waals surface area contributed by atoms with Crippen LogP contribution in [0.15, 0.2) is 6.20 Å². The molecule has 3 heterocycles. The fourth-order valence-electron chi connectivity index (χ4n) is 3.72. The van der Waals surface area contributed by atoms with Gasteiger partial charge in [0, 0.05) is 25.6 Å².